The minimum atomic E-state index is -0.742. The second-order valence-electron chi connectivity index (χ2n) is 6.88. The van der Waals surface area contributed by atoms with E-state index in [0.717, 1.165) is 0 Å². The molecule has 0 fully saturated rings. The first kappa shape index (κ1) is 23.0. The molecule has 160 valence electrons. The number of nitro benzene ring substituents is 1. The molecule has 0 saturated carbocycles. The molecular formula is C21H24N2O7. The third kappa shape index (κ3) is 5.18. The van der Waals surface area contributed by atoms with Crippen LogP contribution in [0.15, 0.2) is 24.3 Å². The van der Waals surface area contributed by atoms with E-state index in [-0.39, 0.29) is 42.0 Å². The summed E-state index contributed by atoms with van der Waals surface area (Å²) in [6.07, 6.45) is -0.172. The van der Waals surface area contributed by atoms with E-state index in [1.54, 1.807) is 33.8 Å². The van der Waals surface area contributed by atoms with Gasteiger partial charge in [0, 0.05) is 30.7 Å². The van der Waals surface area contributed by atoms with Crippen LogP contribution in [0.4, 0.5) is 5.69 Å². The fraction of sp³-hybridized carbons (Fsp3) is 0.381. The van der Waals surface area contributed by atoms with Crippen molar-refractivity contribution in [1.29, 1.82) is 0 Å². The molecule has 0 amide bonds. The van der Waals surface area contributed by atoms with Crippen molar-refractivity contribution >= 4 is 17.6 Å². The number of aryl methyl sites for hydroxylation is 2. The third-order valence-corrected chi connectivity index (χ3v) is 4.19. The van der Waals surface area contributed by atoms with Crippen LogP contribution in [0.25, 0.3) is 11.1 Å². The van der Waals surface area contributed by atoms with Crippen LogP contribution in [-0.2, 0) is 9.47 Å². The van der Waals surface area contributed by atoms with Crippen LogP contribution in [0, 0.1) is 24.0 Å². The van der Waals surface area contributed by atoms with Crippen molar-refractivity contribution in [2.45, 2.75) is 40.2 Å². The molecule has 0 aliphatic heterocycles. The molecule has 0 atom stereocenters. The quantitative estimate of drug-likeness (QED) is 0.300. The predicted octanol–water partition coefficient (Wildman–Crippen LogP) is 3.38. The van der Waals surface area contributed by atoms with E-state index in [0.29, 0.717) is 17.0 Å². The monoisotopic (exact) mass is 416 g/mol. The Balaban J connectivity index is 2.78. The Morgan fingerprint density at radius 1 is 1.17 bits per heavy atom. The number of hydrogen-bond donors (Lipinski definition) is 1. The smallest absolute Gasteiger partial charge is 0.340 e. The zero-order chi connectivity index (χ0) is 22.4. The molecule has 0 unspecified atom stereocenters. The first-order valence-electron chi connectivity index (χ1n) is 9.42. The molecular weight excluding hydrogens is 392 g/mol. The second kappa shape index (κ2) is 9.93. The highest BCUT2D eigenvalue weighted by Gasteiger charge is 2.29. The summed E-state index contributed by atoms with van der Waals surface area (Å²) in [4.78, 5) is 40.7. The van der Waals surface area contributed by atoms with Gasteiger partial charge in [0.2, 0.25) is 0 Å². The maximum Gasteiger partial charge on any atom is 0.340 e. The number of esters is 2. The van der Waals surface area contributed by atoms with Crippen LogP contribution < -0.4 is 0 Å². The molecule has 0 bridgehead atoms. The Hall–Kier alpha value is -3.33. The lowest BCUT2D eigenvalue weighted by Crippen LogP contribution is -2.19. The Bertz CT molecular complexity index is 970. The Morgan fingerprint density at radius 2 is 1.80 bits per heavy atom. The molecule has 30 heavy (non-hydrogen) atoms. The van der Waals surface area contributed by atoms with Gasteiger partial charge in [-0.05, 0) is 33.3 Å². The lowest BCUT2D eigenvalue weighted by Gasteiger charge is -2.19. The third-order valence-electron chi connectivity index (χ3n) is 4.19. The molecule has 0 aliphatic rings. The highest BCUT2D eigenvalue weighted by molar-refractivity contribution is 6.07. The number of pyridine rings is 1. The van der Waals surface area contributed by atoms with E-state index in [2.05, 4.69) is 4.98 Å². The Morgan fingerprint density at radius 3 is 2.37 bits per heavy atom. The molecule has 0 radical (unpaired) electrons. The predicted molar refractivity (Wildman–Crippen MR) is 108 cm³/mol. The second-order valence-corrected chi connectivity index (χ2v) is 6.88. The van der Waals surface area contributed by atoms with Crippen LogP contribution in [0.1, 0.15) is 52.4 Å². The molecule has 1 N–H and O–H groups in total. The topological polar surface area (TPSA) is 129 Å². The molecule has 9 nitrogen and oxygen atoms in total. The van der Waals surface area contributed by atoms with Crippen molar-refractivity contribution in [3.8, 4) is 11.1 Å². The average Bonchev–Trinajstić information content (AvgIpc) is 2.66. The fourth-order valence-corrected chi connectivity index (χ4v) is 2.99. The fourth-order valence-electron chi connectivity index (χ4n) is 2.99. The van der Waals surface area contributed by atoms with E-state index in [9.17, 15) is 19.7 Å². The number of nitro groups is 1. The zero-order valence-electron chi connectivity index (χ0n) is 17.3. The number of aromatic nitrogens is 1. The van der Waals surface area contributed by atoms with Gasteiger partial charge in [0.25, 0.3) is 5.69 Å². The van der Waals surface area contributed by atoms with Gasteiger partial charge in [-0.25, -0.2) is 9.59 Å². The number of ether oxygens (including phenoxy) is 2. The summed E-state index contributed by atoms with van der Waals surface area (Å²) >= 11 is 0. The zero-order valence-corrected chi connectivity index (χ0v) is 17.3. The minimum absolute atomic E-state index is 0.0229. The van der Waals surface area contributed by atoms with Crippen molar-refractivity contribution in [2.75, 3.05) is 13.2 Å². The minimum Gasteiger partial charge on any atom is -0.462 e. The highest BCUT2D eigenvalue weighted by Crippen LogP contribution is 2.34. The number of benzene rings is 1. The summed E-state index contributed by atoms with van der Waals surface area (Å²) in [6, 6.07) is 5.63. The van der Waals surface area contributed by atoms with Gasteiger partial charge in [-0.2, -0.15) is 0 Å². The van der Waals surface area contributed by atoms with Crippen LogP contribution in [0.3, 0.4) is 0 Å². The summed E-state index contributed by atoms with van der Waals surface area (Å²) in [7, 11) is 0. The molecule has 1 aromatic carbocycles. The number of carbonyl (C=O) groups is 2. The molecule has 0 aliphatic carbocycles. The Kier molecular flexibility index (Phi) is 7.60. The molecule has 2 rings (SSSR count). The lowest BCUT2D eigenvalue weighted by atomic mass is 9.92. The number of aliphatic hydroxyl groups is 1. The molecule has 2 aromatic rings. The Labute approximate surface area is 173 Å². The van der Waals surface area contributed by atoms with E-state index in [1.165, 1.54) is 18.2 Å². The van der Waals surface area contributed by atoms with E-state index in [4.69, 9.17) is 14.6 Å². The van der Waals surface area contributed by atoms with Crippen LogP contribution in [0.2, 0.25) is 0 Å². The van der Waals surface area contributed by atoms with E-state index >= 15 is 0 Å². The summed E-state index contributed by atoms with van der Waals surface area (Å²) < 4.78 is 10.6. The van der Waals surface area contributed by atoms with E-state index in [1.807, 2.05) is 0 Å². The van der Waals surface area contributed by atoms with E-state index < -0.39 is 23.0 Å². The number of hydrogen-bond acceptors (Lipinski definition) is 8. The van der Waals surface area contributed by atoms with Gasteiger partial charge in [0.05, 0.1) is 40.1 Å². The summed E-state index contributed by atoms with van der Waals surface area (Å²) in [5, 5.41) is 20.2. The number of nitrogens with zero attached hydrogens (tertiary/aromatic N) is 2. The summed E-state index contributed by atoms with van der Waals surface area (Å²) in [5.74, 6) is -1.44. The number of aliphatic hydroxyl groups excluding tert-OH is 1. The summed E-state index contributed by atoms with van der Waals surface area (Å²) in [5.41, 5.74) is 0.975. The first-order valence-corrected chi connectivity index (χ1v) is 9.42. The first-order chi connectivity index (χ1) is 14.2. The maximum atomic E-state index is 12.9. The normalized spacial score (nSPS) is 10.7. The largest absolute Gasteiger partial charge is 0.462 e. The van der Waals surface area contributed by atoms with Gasteiger partial charge in [0.15, 0.2) is 0 Å². The van der Waals surface area contributed by atoms with Gasteiger partial charge in [-0.1, -0.05) is 12.1 Å². The number of rotatable bonds is 8. The van der Waals surface area contributed by atoms with Gasteiger partial charge in [0.1, 0.15) is 0 Å². The number of carbonyl (C=O) groups excluding carboxylic acids is 2. The molecule has 0 saturated heterocycles. The molecule has 1 heterocycles. The van der Waals surface area contributed by atoms with Crippen molar-refractivity contribution in [3.05, 3.63) is 56.9 Å². The molecule has 9 heteroatoms. The van der Waals surface area contributed by atoms with Crippen molar-refractivity contribution in [3.63, 3.8) is 0 Å². The van der Waals surface area contributed by atoms with Gasteiger partial charge in [-0.15, -0.1) is 0 Å². The van der Waals surface area contributed by atoms with Gasteiger partial charge >= 0.3 is 11.9 Å². The van der Waals surface area contributed by atoms with Crippen molar-refractivity contribution < 1.29 is 29.1 Å². The maximum absolute atomic E-state index is 12.9. The van der Waals surface area contributed by atoms with Crippen molar-refractivity contribution in [2.24, 2.45) is 0 Å². The van der Waals surface area contributed by atoms with Gasteiger partial charge in [-0.3, -0.25) is 15.1 Å². The SMILES string of the molecule is Cc1nc(C)c(C(=O)OC(C)C)c(-c2cccc([N+](=O)[O-])c2)c1C(=O)OCCCO. The number of non-ortho nitro benzene ring substituents is 1. The molecule has 1 aromatic heterocycles. The van der Waals surface area contributed by atoms with Gasteiger partial charge < -0.3 is 14.6 Å². The standard InChI is InChI=1S/C21H24N2O7/c1-12(2)30-21(26)18-14(4)22-13(3)17(20(25)29-10-6-9-24)19(18)15-7-5-8-16(11-15)23(27)28/h5,7-8,11-12,24H,6,9-10H2,1-4H3. The van der Waals surface area contributed by atoms with Crippen LogP contribution in [0.5, 0.6) is 0 Å². The summed E-state index contributed by atoms with van der Waals surface area (Å²) in [6.45, 7) is 6.39. The van der Waals surface area contributed by atoms with Crippen molar-refractivity contribution in [1.82, 2.24) is 4.98 Å². The lowest BCUT2D eigenvalue weighted by molar-refractivity contribution is -0.384. The highest BCUT2D eigenvalue weighted by atomic mass is 16.6. The molecule has 0 spiro atoms. The average molecular weight is 416 g/mol. The van der Waals surface area contributed by atoms with Crippen LogP contribution >= 0.6 is 0 Å². The van der Waals surface area contributed by atoms with Crippen LogP contribution in [-0.4, -0.2) is 46.3 Å².